The first kappa shape index (κ1) is 21.3. The van der Waals surface area contributed by atoms with Gasteiger partial charge in [0.15, 0.2) is 0 Å². The van der Waals surface area contributed by atoms with Crippen LogP contribution in [0.5, 0.6) is 23.0 Å². The van der Waals surface area contributed by atoms with E-state index in [9.17, 15) is 10.2 Å². The lowest BCUT2D eigenvalue weighted by molar-refractivity contribution is 0.415. The van der Waals surface area contributed by atoms with Crippen LogP contribution in [-0.2, 0) is 12.8 Å². The van der Waals surface area contributed by atoms with E-state index in [0.717, 1.165) is 33.4 Å². The minimum atomic E-state index is 0.234. The molecule has 4 aromatic carbocycles. The number of methoxy groups -OCH3 is 2. The molecule has 0 unspecified atom stereocenters. The van der Waals surface area contributed by atoms with Gasteiger partial charge in [0.1, 0.15) is 23.0 Å². The molecule has 4 heteroatoms. The molecule has 0 atom stereocenters. The first-order chi connectivity index (χ1) is 15.6. The smallest absolute Gasteiger partial charge is 0.126 e. The number of rotatable bonds is 7. The van der Waals surface area contributed by atoms with Gasteiger partial charge in [0.25, 0.3) is 0 Å². The predicted molar refractivity (Wildman–Crippen MR) is 128 cm³/mol. The van der Waals surface area contributed by atoms with Gasteiger partial charge in [0.05, 0.1) is 14.2 Å². The standard InChI is InChI=1S/C28H26O4/c1-31-25-15-5-3-11-21(25)23-13-7-9-19(27(23)29)17-18-20-10-8-14-24(28(20)30)22-12-4-6-16-26(22)32-2/h3-16,29-30H,17-18H2,1-2H3. The molecule has 0 amide bonds. The molecule has 4 nitrogen and oxygen atoms in total. The Morgan fingerprint density at radius 2 is 0.875 bits per heavy atom. The van der Waals surface area contributed by atoms with Gasteiger partial charge in [-0.25, -0.2) is 0 Å². The molecule has 4 rings (SSSR count). The van der Waals surface area contributed by atoms with Crippen molar-refractivity contribution in [1.82, 2.24) is 0 Å². The molecule has 32 heavy (non-hydrogen) atoms. The number of para-hydroxylation sites is 4. The summed E-state index contributed by atoms with van der Waals surface area (Å²) in [7, 11) is 3.24. The lowest BCUT2D eigenvalue weighted by Gasteiger charge is -2.15. The Balaban J connectivity index is 1.63. The molecule has 0 saturated carbocycles. The molecule has 0 aliphatic heterocycles. The molecule has 2 N–H and O–H groups in total. The summed E-state index contributed by atoms with van der Waals surface area (Å²) < 4.78 is 10.9. The van der Waals surface area contributed by atoms with Crippen molar-refractivity contribution in [2.75, 3.05) is 14.2 Å². The van der Waals surface area contributed by atoms with Crippen LogP contribution < -0.4 is 9.47 Å². The van der Waals surface area contributed by atoms with Crippen molar-refractivity contribution >= 4 is 0 Å². The zero-order valence-corrected chi connectivity index (χ0v) is 18.2. The van der Waals surface area contributed by atoms with Crippen LogP contribution in [-0.4, -0.2) is 24.4 Å². The summed E-state index contributed by atoms with van der Waals surface area (Å²) in [5, 5.41) is 22.0. The maximum absolute atomic E-state index is 11.0. The lowest BCUT2D eigenvalue weighted by atomic mass is 9.95. The van der Waals surface area contributed by atoms with E-state index in [-0.39, 0.29) is 11.5 Å². The molecule has 4 aromatic rings. The molecular weight excluding hydrogens is 400 g/mol. The average molecular weight is 427 g/mol. The summed E-state index contributed by atoms with van der Waals surface area (Å²) in [4.78, 5) is 0. The highest BCUT2D eigenvalue weighted by Gasteiger charge is 2.15. The number of phenols is 2. The number of ether oxygens (including phenoxy) is 2. The van der Waals surface area contributed by atoms with Gasteiger partial charge in [-0.2, -0.15) is 0 Å². The molecular formula is C28H26O4. The van der Waals surface area contributed by atoms with E-state index in [1.54, 1.807) is 14.2 Å². The summed E-state index contributed by atoms with van der Waals surface area (Å²) in [6.45, 7) is 0. The number of phenolic OH excluding ortho intramolecular Hbond substituents is 2. The van der Waals surface area contributed by atoms with Crippen LogP contribution >= 0.6 is 0 Å². The van der Waals surface area contributed by atoms with Crippen molar-refractivity contribution in [3.05, 3.63) is 96.1 Å². The second-order valence-electron chi connectivity index (χ2n) is 7.53. The van der Waals surface area contributed by atoms with Crippen molar-refractivity contribution in [2.24, 2.45) is 0 Å². The highest BCUT2D eigenvalue weighted by atomic mass is 16.5. The maximum atomic E-state index is 11.0. The molecule has 0 aliphatic carbocycles. The highest BCUT2D eigenvalue weighted by molar-refractivity contribution is 5.78. The average Bonchev–Trinajstić information content (AvgIpc) is 2.84. The fraction of sp³-hybridized carbons (Fsp3) is 0.143. The Kier molecular flexibility index (Phi) is 6.31. The number of aromatic hydroxyl groups is 2. The lowest BCUT2D eigenvalue weighted by Crippen LogP contribution is -1.96. The molecule has 0 bridgehead atoms. The summed E-state index contributed by atoms with van der Waals surface area (Å²) in [5.41, 5.74) is 4.77. The monoisotopic (exact) mass is 426 g/mol. The van der Waals surface area contributed by atoms with E-state index < -0.39 is 0 Å². The van der Waals surface area contributed by atoms with Crippen LogP contribution in [0.3, 0.4) is 0 Å². The van der Waals surface area contributed by atoms with Gasteiger partial charge in [0.2, 0.25) is 0 Å². The van der Waals surface area contributed by atoms with Gasteiger partial charge >= 0.3 is 0 Å². The van der Waals surface area contributed by atoms with Crippen molar-refractivity contribution in [3.63, 3.8) is 0 Å². The van der Waals surface area contributed by atoms with E-state index in [1.165, 1.54) is 0 Å². The SMILES string of the molecule is COc1ccccc1-c1cccc(CCc2cccc(-c3ccccc3OC)c2O)c1O. The largest absolute Gasteiger partial charge is 0.507 e. The van der Waals surface area contributed by atoms with Crippen LogP contribution in [0.15, 0.2) is 84.9 Å². The van der Waals surface area contributed by atoms with Crippen LogP contribution in [0.1, 0.15) is 11.1 Å². The summed E-state index contributed by atoms with van der Waals surface area (Å²) in [6, 6.07) is 26.7. The fourth-order valence-electron chi connectivity index (χ4n) is 4.02. The molecule has 0 aromatic heterocycles. The number of hydrogen-bond acceptors (Lipinski definition) is 4. The zero-order chi connectivity index (χ0) is 22.5. The summed E-state index contributed by atoms with van der Waals surface area (Å²) in [6.07, 6.45) is 1.16. The Bertz CT molecular complexity index is 1130. The molecule has 0 spiro atoms. The maximum Gasteiger partial charge on any atom is 0.126 e. The molecule has 0 radical (unpaired) electrons. The van der Waals surface area contributed by atoms with Crippen molar-refractivity contribution in [1.29, 1.82) is 0 Å². The molecule has 0 aliphatic rings. The van der Waals surface area contributed by atoms with E-state index in [1.807, 2.05) is 84.9 Å². The van der Waals surface area contributed by atoms with E-state index >= 15 is 0 Å². The zero-order valence-electron chi connectivity index (χ0n) is 18.2. The molecule has 0 fully saturated rings. The van der Waals surface area contributed by atoms with E-state index in [2.05, 4.69) is 0 Å². The van der Waals surface area contributed by atoms with E-state index in [4.69, 9.17) is 9.47 Å². The second-order valence-corrected chi connectivity index (χ2v) is 7.53. The third kappa shape index (κ3) is 4.12. The Morgan fingerprint density at radius 1 is 0.500 bits per heavy atom. The van der Waals surface area contributed by atoms with Gasteiger partial charge in [-0.05, 0) is 36.1 Å². The third-order valence-corrected chi connectivity index (χ3v) is 5.70. The van der Waals surface area contributed by atoms with Crippen molar-refractivity contribution < 1.29 is 19.7 Å². The van der Waals surface area contributed by atoms with Gasteiger partial charge in [-0.15, -0.1) is 0 Å². The van der Waals surface area contributed by atoms with Crippen LogP contribution in [0, 0.1) is 0 Å². The predicted octanol–water partition coefficient (Wildman–Crippen LogP) is 6.23. The Hall–Kier alpha value is -3.92. The molecule has 0 heterocycles. The number of hydrogen-bond donors (Lipinski definition) is 2. The normalized spacial score (nSPS) is 10.7. The van der Waals surface area contributed by atoms with Gasteiger partial charge < -0.3 is 19.7 Å². The van der Waals surface area contributed by atoms with Gasteiger partial charge in [-0.3, -0.25) is 0 Å². The van der Waals surface area contributed by atoms with Crippen molar-refractivity contribution in [3.8, 4) is 45.3 Å². The van der Waals surface area contributed by atoms with Crippen LogP contribution in [0.2, 0.25) is 0 Å². The first-order valence-corrected chi connectivity index (χ1v) is 10.5. The highest BCUT2D eigenvalue weighted by Crippen LogP contribution is 2.40. The molecule has 0 saturated heterocycles. The number of aryl methyl sites for hydroxylation is 2. The summed E-state index contributed by atoms with van der Waals surface area (Å²) >= 11 is 0. The second kappa shape index (κ2) is 9.48. The van der Waals surface area contributed by atoms with E-state index in [0.29, 0.717) is 24.3 Å². The number of benzene rings is 4. The minimum Gasteiger partial charge on any atom is -0.507 e. The quantitative estimate of drug-likeness (QED) is 0.368. The first-order valence-electron chi connectivity index (χ1n) is 10.5. The minimum absolute atomic E-state index is 0.234. The Labute approximate surface area is 188 Å². The topological polar surface area (TPSA) is 58.9 Å². The van der Waals surface area contributed by atoms with Crippen LogP contribution in [0.4, 0.5) is 0 Å². The fourth-order valence-corrected chi connectivity index (χ4v) is 4.02. The van der Waals surface area contributed by atoms with Gasteiger partial charge in [-0.1, -0.05) is 72.8 Å². The molecule has 162 valence electrons. The van der Waals surface area contributed by atoms with Gasteiger partial charge in [0, 0.05) is 22.3 Å². The van der Waals surface area contributed by atoms with Crippen molar-refractivity contribution in [2.45, 2.75) is 12.8 Å². The third-order valence-electron chi connectivity index (χ3n) is 5.70. The Morgan fingerprint density at radius 3 is 1.28 bits per heavy atom. The summed E-state index contributed by atoms with van der Waals surface area (Å²) in [5.74, 6) is 1.89. The van der Waals surface area contributed by atoms with Crippen LogP contribution in [0.25, 0.3) is 22.3 Å².